The highest BCUT2D eigenvalue weighted by Gasteiger charge is 2.33. The third-order valence-corrected chi connectivity index (χ3v) is 4.76. The van der Waals surface area contributed by atoms with Crippen LogP contribution in [0.4, 0.5) is 24.7 Å². The second-order valence-electron chi connectivity index (χ2n) is 6.51. The summed E-state index contributed by atoms with van der Waals surface area (Å²) in [5.74, 6) is -0.0637. The van der Waals surface area contributed by atoms with Gasteiger partial charge in [-0.2, -0.15) is 13.2 Å². The van der Waals surface area contributed by atoms with Crippen LogP contribution in [0.2, 0.25) is 0 Å². The van der Waals surface area contributed by atoms with E-state index < -0.39 is 17.6 Å². The number of amides is 1. The number of halogens is 3. The molecule has 1 amide bonds. The summed E-state index contributed by atoms with van der Waals surface area (Å²) in [6.45, 7) is 2.94. The van der Waals surface area contributed by atoms with E-state index in [1.165, 1.54) is 24.5 Å². The average molecular weight is 378 g/mol. The molecule has 0 bridgehead atoms. The number of carbonyl (C=O) groups is 1. The quantitative estimate of drug-likeness (QED) is 0.850. The smallest absolute Gasteiger partial charge is 0.354 e. The Kier molecular flexibility index (Phi) is 5.62. The van der Waals surface area contributed by atoms with E-state index in [4.69, 9.17) is 0 Å². The first-order valence-corrected chi connectivity index (χ1v) is 8.96. The first-order valence-electron chi connectivity index (χ1n) is 8.96. The van der Waals surface area contributed by atoms with Gasteiger partial charge >= 0.3 is 6.18 Å². The molecule has 1 aromatic heterocycles. The highest BCUT2D eigenvalue weighted by molar-refractivity contribution is 6.03. The Morgan fingerprint density at radius 3 is 2.78 bits per heavy atom. The molecule has 2 aromatic rings. The number of piperidine rings is 1. The molecular weight excluding hydrogens is 357 g/mol. The molecule has 1 aliphatic rings. The Bertz CT molecular complexity index is 810. The fraction of sp³-hybridized carbons (Fsp3) is 0.421. The van der Waals surface area contributed by atoms with Crippen molar-refractivity contribution in [2.24, 2.45) is 0 Å². The first-order chi connectivity index (χ1) is 12.9. The number of anilines is 2. The van der Waals surface area contributed by atoms with Gasteiger partial charge in [0, 0.05) is 18.7 Å². The number of hydrogen-bond donors (Lipinski definition) is 1. The van der Waals surface area contributed by atoms with Gasteiger partial charge in [-0.15, -0.1) is 0 Å². The van der Waals surface area contributed by atoms with Crippen LogP contribution in [0.15, 0.2) is 36.7 Å². The molecule has 0 spiro atoms. The van der Waals surface area contributed by atoms with Crippen molar-refractivity contribution in [1.29, 1.82) is 0 Å². The van der Waals surface area contributed by atoms with E-state index in [0.29, 0.717) is 11.9 Å². The van der Waals surface area contributed by atoms with Crippen molar-refractivity contribution in [2.75, 3.05) is 16.8 Å². The van der Waals surface area contributed by atoms with Gasteiger partial charge in [-0.25, -0.2) is 9.97 Å². The zero-order valence-electron chi connectivity index (χ0n) is 15.0. The summed E-state index contributed by atoms with van der Waals surface area (Å²) in [5.41, 5.74) is -1.15. The van der Waals surface area contributed by atoms with Gasteiger partial charge < -0.3 is 10.2 Å². The molecule has 3 rings (SSSR count). The summed E-state index contributed by atoms with van der Waals surface area (Å²) in [6.07, 6.45) is 0.943. The molecule has 0 saturated carbocycles. The molecule has 1 aliphatic heterocycles. The van der Waals surface area contributed by atoms with Gasteiger partial charge in [0.05, 0.1) is 11.3 Å². The molecule has 8 heteroatoms. The summed E-state index contributed by atoms with van der Waals surface area (Å²) in [4.78, 5) is 22.8. The van der Waals surface area contributed by atoms with Gasteiger partial charge in [0.1, 0.15) is 17.8 Å². The number of benzene rings is 1. The number of alkyl halides is 3. The van der Waals surface area contributed by atoms with Crippen LogP contribution in [0.25, 0.3) is 0 Å². The van der Waals surface area contributed by atoms with Crippen molar-refractivity contribution in [2.45, 2.75) is 44.8 Å². The number of para-hydroxylation sites is 1. The number of aromatic nitrogens is 2. The lowest BCUT2D eigenvalue weighted by molar-refractivity contribution is -0.136. The minimum absolute atomic E-state index is 0.0393. The molecule has 1 atom stereocenters. The Morgan fingerprint density at radius 1 is 1.26 bits per heavy atom. The maximum atomic E-state index is 13.1. The third kappa shape index (κ3) is 4.37. The van der Waals surface area contributed by atoms with Crippen molar-refractivity contribution < 1.29 is 18.0 Å². The zero-order valence-corrected chi connectivity index (χ0v) is 15.0. The minimum Gasteiger partial charge on any atom is -0.354 e. The maximum absolute atomic E-state index is 13.1. The highest BCUT2D eigenvalue weighted by Crippen LogP contribution is 2.34. The number of rotatable bonds is 4. The number of nitrogens with one attached hydrogen (secondary N) is 1. The Labute approximate surface area is 155 Å². The second-order valence-corrected chi connectivity index (χ2v) is 6.51. The van der Waals surface area contributed by atoms with Crippen molar-refractivity contribution in [3.8, 4) is 0 Å². The molecule has 0 aliphatic carbocycles. The molecule has 1 saturated heterocycles. The van der Waals surface area contributed by atoms with E-state index in [1.807, 2.05) is 0 Å². The van der Waals surface area contributed by atoms with Crippen LogP contribution < -0.4 is 10.2 Å². The van der Waals surface area contributed by atoms with E-state index in [9.17, 15) is 18.0 Å². The predicted molar refractivity (Wildman–Crippen MR) is 96.7 cm³/mol. The lowest BCUT2D eigenvalue weighted by Crippen LogP contribution is -2.39. The van der Waals surface area contributed by atoms with Gasteiger partial charge in [0.2, 0.25) is 0 Å². The SMILES string of the molecule is CCC1CCCCN1c1cc(C(=O)Nc2ccccc2C(F)(F)F)ncn1. The van der Waals surface area contributed by atoms with Gasteiger partial charge in [-0.05, 0) is 37.8 Å². The number of nitrogens with zero attached hydrogens (tertiary/aromatic N) is 3. The molecule has 1 aromatic carbocycles. The van der Waals surface area contributed by atoms with Gasteiger partial charge in [-0.1, -0.05) is 19.1 Å². The van der Waals surface area contributed by atoms with Crippen LogP contribution in [0.3, 0.4) is 0 Å². The summed E-state index contributed by atoms with van der Waals surface area (Å²) in [6, 6.07) is 6.76. The van der Waals surface area contributed by atoms with Gasteiger partial charge in [0.15, 0.2) is 0 Å². The van der Waals surface area contributed by atoms with E-state index in [-0.39, 0.29) is 11.4 Å². The molecule has 144 valence electrons. The third-order valence-electron chi connectivity index (χ3n) is 4.76. The van der Waals surface area contributed by atoms with Crippen molar-refractivity contribution in [1.82, 2.24) is 9.97 Å². The first kappa shape index (κ1) is 19.1. The van der Waals surface area contributed by atoms with E-state index >= 15 is 0 Å². The Balaban J connectivity index is 1.83. The van der Waals surface area contributed by atoms with Crippen molar-refractivity contribution in [3.63, 3.8) is 0 Å². The second kappa shape index (κ2) is 7.94. The van der Waals surface area contributed by atoms with Crippen LogP contribution in [0, 0.1) is 0 Å². The van der Waals surface area contributed by atoms with E-state index in [1.54, 1.807) is 6.07 Å². The van der Waals surface area contributed by atoms with Crippen LogP contribution in [-0.4, -0.2) is 28.5 Å². The number of carbonyl (C=O) groups excluding carboxylic acids is 1. The predicted octanol–water partition coefficient (Wildman–Crippen LogP) is 4.52. The topological polar surface area (TPSA) is 58.1 Å². The van der Waals surface area contributed by atoms with Gasteiger partial charge in [0.25, 0.3) is 5.91 Å². The summed E-state index contributed by atoms with van der Waals surface area (Å²) >= 11 is 0. The van der Waals surface area contributed by atoms with E-state index in [0.717, 1.165) is 38.3 Å². The average Bonchev–Trinajstić information content (AvgIpc) is 2.67. The van der Waals surface area contributed by atoms with Crippen LogP contribution >= 0.6 is 0 Å². The lowest BCUT2D eigenvalue weighted by atomic mass is 10.00. The van der Waals surface area contributed by atoms with Crippen LogP contribution in [0.5, 0.6) is 0 Å². The van der Waals surface area contributed by atoms with Crippen molar-refractivity contribution in [3.05, 3.63) is 47.9 Å². The molecule has 2 heterocycles. The largest absolute Gasteiger partial charge is 0.418 e. The van der Waals surface area contributed by atoms with E-state index in [2.05, 4.69) is 27.1 Å². The summed E-state index contributed by atoms with van der Waals surface area (Å²) < 4.78 is 39.3. The number of hydrogen-bond acceptors (Lipinski definition) is 4. The molecule has 1 fully saturated rings. The molecule has 0 radical (unpaired) electrons. The molecule has 1 unspecified atom stereocenters. The zero-order chi connectivity index (χ0) is 19.4. The van der Waals surface area contributed by atoms with Crippen LogP contribution in [0.1, 0.15) is 48.7 Å². The summed E-state index contributed by atoms with van der Waals surface area (Å²) in [5, 5.41) is 2.32. The Hall–Kier alpha value is -2.64. The standard InChI is InChI=1S/C19H21F3N4O/c1-2-13-7-5-6-10-26(13)17-11-16(23-12-24-17)18(27)25-15-9-4-3-8-14(15)19(20,21)22/h3-4,8-9,11-13H,2,5-7,10H2,1H3,(H,25,27). The highest BCUT2D eigenvalue weighted by atomic mass is 19.4. The fourth-order valence-corrected chi connectivity index (χ4v) is 3.38. The molecular formula is C19H21F3N4O. The fourth-order valence-electron chi connectivity index (χ4n) is 3.38. The normalized spacial score (nSPS) is 17.6. The van der Waals surface area contributed by atoms with Crippen molar-refractivity contribution >= 4 is 17.4 Å². The summed E-state index contributed by atoms with van der Waals surface area (Å²) in [7, 11) is 0. The molecule has 27 heavy (non-hydrogen) atoms. The maximum Gasteiger partial charge on any atom is 0.418 e. The molecule has 1 N–H and O–H groups in total. The Morgan fingerprint density at radius 2 is 2.04 bits per heavy atom. The lowest BCUT2D eigenvalue weighted by Gasteiger charge is -2.36. The monoisotopic (exact) mass is 378 g/mol. The van der Waals surface area contributed by atoms with Gasteiger partial charge in [-0.3, -0.25) is 4.79 Å². The minimum atomic E-state index is -4.55. The van der Waals surface area contributed by atoms with Crippen LogP contribution in [-0.2, 0) is 6.18 Å². The molecule has 5 nitrogen and oxygen atoms in total.